The summed E-state index contributed by atoms with van der Waals surface area (Å²) in [5.74, 6) is 0.264. The van der Waals surface area contributed by atoms with Crippen molar-refractivity contribution in [2.24, 2.45) is 11.1 Å². The van der Waals surface area contributed by atoms with Gasteiger partial charge in [-0.3, -0.25) is 0 Å². The zero-order valence-corrected chi connectivity index (χ0v) is 8.89. The van der Waals surface area contributed by atoms with Crippen LogP contribution in [-0.2, 0) is 0 Å². The van der Waals surface area contributed by atoms with E-state index in [2.05, 4.69) is 5.16 Å². The largest absolute Gasteiger partial charge is 0.411 e. The van der Waals surface area contributed by atoms with Gasteiger partial charge in [-0.15, -0.1) is 0 Å². The minimum atomic E-state index is -0.666. The molecular weight excluding hydrogens is 194 g/mol. The summed E-state index contributed by atoms with van der Waals surface area (Å²) in [6, 6.07) is 0. The molecule has 0 aromatic heterocycles. The van der Waals surface area contributed by atoms with Gasteiger partial charge in [0, 0.05) is 6.42 Å². The van der Waals surface area contributed by atoms with Crippen molar-refractivity contribution in [3.63, 3.8) is 0 Å². The van der Waals surface area contributed by atoms with Crippen LogP contribution in [0.5, 0.6) is 0 Å². The molecule has 2 aliphatic rings. The normalized spacial score (nSPS) is 41.9. The van der Waals surface area contributed by atoms with Gasteiger partial charge >= 0.3 is 0 Å². The minimum absolute atomic E-state index is 0.264. The van der Waals surface area contributed by atoms with Crippen molar-refractivity contribution >= 4 is 5.71 Å². The van der Waals surface area contributed by atoms with Gasteiger partial charge in [-0.05, 0) is 44.4 Å². The van der Waals surface area contributed by atoms with E-state index in [1.807, 2.05) is 0 Å². The first-order chi connectivity index (χ1) is 7.14. The van der Waals surface area contributed by atoms with Gasteiger partial charge in [-0.25, -0.2) is 0 Å². The summed E-state index contributed by atoms with van der Waals surface area (Å²) in [7, 11) is 0. The number of aliphatic hydroxyl groups excluding tert-OH is 1. The second-order valence-electron chi connectivity index (χ2n) is 4.94. The number of nitrogens with zero attached hydrogens (tertiary/aromatic N) is 1. The van der Waals surface area contributed by atoms with Gasteiger partial charge in [0.15, 0.2) is 0 Å². The molecule has 2 saturated carbocycles. The van der Waals surface area contributed by atoms with E-state index in [0.717, 1.165) is 31.4 Å². The minimum Gasteiger partial charge on any atom is -0.411 e. The van der Waals surface area contributed by atoms with Gasteiger partial charge in [0.2, 0.25) is 0 Å². The second-order valence-corrected chi connectivity index (χ2v) is 4.94. The number of rotatable bonds is 1. The van der Waals surface area contributed by atoms with Crippen molar-refractivity contribution in [3.05, 3.63) is 0 Å². The first kappa shape index (κ1) is 10.9. The average Bonchev–Trinajstić information content (AvgIpc) is 2.60. The van der Waals surface area contributed by atoms with E-state index in [1.54, 1.807) is 0 Å². The Morgan fingerprint density at radius 3 is 2.33 bits per heavy atom. The zero-order chi connectivity index (χ0) is 10.9. The molecule has 4 nitrogen and oxygen atoms in total. The van der Waals surface area contributed by atoms with Crippen LogP contribution in [-0.4, -0.2) is 32.8 Å². The maximum absolute atomic E-state index is 10.4. The predicted octanol–water partition coefficient (Wildman–Crippen LogP) is 1.28. The molecule has 2 unspecified atom stereocenters. The van der Waals surface area contributed by atoms with E-state index >= 15 is 0 Å². The number of hydrogen-bond donors (Lipinski definition) is 3. The van der Waals surface area contributed by atoms with E-state index in [0.29, 0.717) is 19.3 Å². The lowest BCUT2D eigenvalue weighted by molar-refractivity contribution is -0.0297. The highest BCUT2D eigenvalue weighted by atomic mass is 16.4. The van der Waals surface area contributed by atoms with Gasteiger partial charge in [-0.2, -0.15) is 0 Å². The summed E-state index contributed by atoms with van der Waals surface area (Å²) in [6.07, 6.45) is 4.93. The summed E-state index contributed by atoms with van der Waals surface area (Å²) in [6.45, 7) is 0. The predicted molar refractivity (Wildman–Crippen MR) is 56.0 cm³/mol. The second kappa shape index (κ2) is 4.10. The monoisotopic (exact) mass is 213 g/mol. The smallest absolute Gasteiger partial charge is 0.0701 e. The highest BCUT2D eigenvalue weighted by molar-refractivity contribution is 5.84. The third-order valence-corrected chi connectivity index (χ3v) is 3.96. The summed E-state index contributed by atoms with van der Waals surface area (Å²) < 4.78 is 0. The van der Waals surface area contributed by atoms with Crippen molar-refractivity contribution in [3.8, 4) is 0 Å². The average molecular weight is 213 g/mol. The molecule has 86 valence electrons. The first-order valence-corrected chi connectivity index (χ1v) is 5.74. The van der Waals surface area contributed by atoms with Crippen molar-refractivity contribution in [2.45, 2.75) is 56.7 Å². The van der Waals surface area contributed by atoms with Crippen LogP contribution in [0.15, 0.2) is 5.16 Å². The Balaban J connectivity index is 1.95. The zero-order valence-electron chi connectivity index (χ0n) is 8.89. The van der Waals surface area contributed by atoms with Crippen LogP contribution in [0.3, 0.4) is 0 Å². The van der Waals surface area contributed by atoms with E-state index < -0.39 is 5.60 Å². The Labute approximate surface area is 89.6 Å². The maximum Gasteiger partial charge on any atom is 0.0701 e. The summed E-state index contributed by atoms with van der Waals surface area (Å²) in [5.41, 5.74) is 0.175. The van der Waals surface area contributed by atoms with Crippen LogP contribution >= 0.6 is 0 Å². The van der Waals surface area contributed by atoms with Crippen LogP contribution in [0, 0.1) is 5.92 Å². The topological polar surface area (TPSA) is 73.1 Å². The van der Waals surface area contributed by atoms with E-state index in [1.165, 1.54) is 0 Å². The molecule has 2 rings (SSSR count). The Morgan fingerprint density at radius 1 is 1.20 bits per heavy atom. The number of aliphatic hydroxyl groups is 2. The molecule has 0 aromatic carbocycles. The Kier molecular flexibility index (Phi) is 2.98. The van der Waals surface area contributed by atoms with Gasteiger partial charge in [0.05, 0.1) is 17.4 Å². The third-order valence-electron chi connectivity index (χ3n) is 3.96. The van der Waals surface area contributed by atoms with Crippen molar-refractivity contribution < 1.29 is 15.4 Å². The number of hydrogen-bond acceptors (Lipinski definition) is 4. The molecule has 0 radical (unpaired) electrons. The molecule has 0 spiro atoms. The highest BCUT2D eigenvalue weighted by Gasteiger charge is 2.43. The lowest BCUT2D eigenvalue weighted by Crippen LogP contribution is -2.38. The van der Waals surface area contributed by atoms with Crippen molar-refractivity contribution in [1.82, 2.24) is 0 Å². The third kappa shape index (κ3) is 2.16. The van der Waals surface area contributed by atoms with E-state index in [4.69, 9.17) is 5.21 Å². The van der Waals surface area contributed by atoms with Gasteiger partial charge in [-0.1, -0.05) is 5.16 Å². The molecular formula is C11H19NO3. The highest BCUT2D eigenvalue weighted by Crippen LogP contribution is 2.42. The van der Waals surface area contributed by atoms with E-state index in [9.17, 15) is 10.2 Å². The van der Waals surface area contributed by atoms with Crippen LogP contribution in [0.25, 0.3) is 0 Å². The quantitative estimate of drug-likeness (QED) is 0.454. The molecule has 0 heterocycles. The lowest BCUT2D eigenvalue weighted by Gasteiger charge is -2.35. The fourth-order valence-corrected chi connectivity index (χ4v) is 2.99. The van der Waals surface area contributed by atoms with E-state index in [-0.39, 0.29) is 12.0 Å². The summed E-state index contributed by atoms with van der Waals surface area (Å²) in [5, 5.41) is 31.7. The molecule has 4 heteroatoms. The van der Waals surface area contributed by atoms with Gasteiger partial charge < -0.3 is 15.4 Å². The Hall–Kier alpha value is -0.610. The standard InChI is InChI=1S/C11H19NO3/c13-10-5-6-11(14,7-10)8-1-3-9(12-15)4-2-8/h8,10,13-15H,1-7H2. The van der Waals surface area contributed by atoms with Gasteiger partial charge in [0.1, 0.15) is 0 Å². The fourth-order valence-electron chi connectivity index (χ4n) is 2.99. The Bertz CT molecular complexity index is 257. The molecule has 3 N–H and O–H groups in total. The molecule has 0 bridgehead atoms. The summed E-state index contributed by atoms with van der Waals surface area (Å²) in [4.78, 5) is 0. The SMILES string of the molecule is ON=C1CCC(C2(O)CCC(O)C2)CC1. The van der Waals surface area contributed by atoms with Crippen LogP contribution in [0.4, 0.5) is 0 Å². The van der Waals surface area contributed by atoms with Crippen LogP contribution in [0.2, 0.25) is 0 Å². The van der Waals surface area contributed by atoms with Gasteiger partial charge in [0.25, 0.3) is 0 Å². The van der Waals surface area contributed by atoms with Crippen LogP contribution in [0.1, 0.15) is 44.9 Å². The fraction of sp³-hybridized carbons (Fsp3) is 0.909. The molecule has 2 atom stereocenters. The number of oxime groups is 1. The summed E-state index contributed by atoms with van der Waals surface area (Å²) >= 11 is 0. The molecule has 2 aliphatic carbocycles. The maximum atomic E-state index is 10.4. The molecule has 2 fully saturated rings. The lowest BCUT2D eigenvalue weighted by atomic mass is 9.75. The van der Waals surface area contributed by atoms with Crippen LogP contribution < -0.4 is 0 Å². The van der Waals surface area contributed by atoms with Crippen molar-refractivity contribution in [1.29, 1.82) is 0 Å². The Morgan fingerprint density at radius 2 is 1.87 bits per heavy atom. The molecule has 0 aromatic rings. The molecule has 15 heavy (non-hydrogen) atoms. The first-order valence-electron chi connectivity index (χ1n) is 5.74. The molecule has 0 amide bonds. The molecule has 0 aliphatic heterocycles. The molecule has 0 saturated heterocycles. The van der Waals surface area contributed by atoms with Crippen molar-refractivity contribution in [2.75, 3.05) is 0 Å².